The molecule has 258 valence electrons. The highest BCUT2D eigenvalue weighted by atomic mass is 16.4. The summed E-state index contributed by atoms with van der Waals surface area (Å²) in [4.78, 5) is 103. The van der Waals surface area contributed by atoms with E-state index in [4.69, 9.17) is 17.2 Å². The van der Waals surface area contributed by atoms with Crippen LogP contribution in [0.15, 0.2) is 4.99 Å². The summed E-state index contributed by atoms with van der Waals surface area (Å²) in [6, 6.07) is -8.29. The first-order valence-electron chi connectivity index (χ1n) is 14.6. The first kappa shape index (κ1) is 39.0. The lowest BCUT2D eigenvalue weighted by Crippen LogP contribution is -2.63. The van der Waals surface area contributed by atoms with Crippen LogP contribution in [-0.2, 0) is 38.4 Å². The minimum absolute atomic E-state index is 0.0329. The van der Waals surface area contributed by atoms with Crippen molar-refractivity contribution in [3.63, 3.8) is 0 Å². The van der Waals surface area contributed by atoms with E-state index in [1.54, 1.807) is 0 Å². The summed E-state index contributed by atoms with van der Waals surface area (Å²) in [6.45, 7) is 3.75. The quantitative estimate of drug-likeness (QED) is 0.0502. The van der Waals surface area contributed by atoms with Crippen molar-refractivity contribution >= 4 is 53.3 Å². The maximum Gasteiger partial charge on any atom is 0.323 e. The van der Waals surface area contributed by atoms with Crippen LogP contribution >= 0.6 is 0 Å². The number of guanidine groups is 1. The Morgan fingerprint density at radius 3 is 2.17 bits per heavy atom. The lowest BCUT2D eigenvalue weighted by atomic mass is 10.0. The predicted octanol–water partition coefficient (Wildman–Crippen LogP) is -5.65. The van der Waals surface area contributed by atoms with Crippen molar-refractivity contribution in [2.24, 2.45) is 22.2 Å². The third-order valence-electron chi connectivity index (χ3n) is 6.66. The van der Waals surface area contributed by atoms with Crippen LogP contribution in [0.4, 0.5) is 0 Å². The number of carboxylic acid groups (broad SMARTS) is 1. The predicted molar refractivity (Wildman–Crippen MR) is 162 cm³/mol. The Hall–Kier alpha value is -5.01. The van der Waals surface area contributed by atoms with Crippen LogP contribution in [-0.4, -0.2) is 114 Å². The molecular formula is C26H45N11O9. The van der Waals surface area contributed by atoms with Crippen molar-refractivity contribution in [2.45, 2.75) is 89.1 Å². The molecule has 6 atom stereocenters. The monoisotopic (exact) mass is 655 g/mol. The van der Waals surface area contributed by atoms with E-state index in [9.17, 15) is 43.5 Å². The van der Waals surface area contributed by atoms with Crippen molar-refractivity contribution < 1.29 is 43.5 Å². The Morgan fingerprint density at radius 2 is 1.57 bits per heavy atom. The van der Waals surface area contributed by atoms with Gasteiger partial charge < -0.3 is 59.5 Å². The van der Waals surface area contributed by atoms with Crippen molar-refractivity contribution in [1.82, 2.24) is 37.2 Å². The SMILES string of the molecule is CC(=O)N[C@@H](CCCN=C(N)N)C(=O)NCCCC[C@@H]1NC(=O)[C@H](C(N)C(=O)O)NC(=O)[C@H](C)NC(=O)CNC(=O)[C@H](C)NC1=O. The topological polar surface area (TPSA) is 331 Å². The van der Waals surface area contributed by atoms with Gasteiger partial charge in [-0.2, -0.15) is 0 Å². The Bertz CT molecular complexity index is 1180. The molecular weight excluding hydrogens is 610 g/mol. The molecule has 0 saturated carbocycles. The zero-order valence-corrected chi connectivity index (χ0v) is 26.0. The van der Waals surface area contributed by atoms with Crippen molar-refractivity contribution in [2.75, 3.05) is 19.6 Å². The van der Waals surface area contributed by atoms with E-state index in [-0.39, 0.29) is 38.3 Å². The third kappa shape index (κ3) is 14.2. The van der Waals surface area contributed by atoms with Gasteiger partial charge in [0.1, 0.15) is 36.3 Å². The zero-order chi connectivity index (χ0) is 35.0. The first-order valence-corrected chi connectivity index (χ1v) is 14.6. The lowest BCUT2D eigenvalue weighted by molar-refractivity contribution is -0.143. The molecule has 0 spiro atoms. The standard InChI is InChI=1S/C26H45N11O9/c1-12-20(40)32-11-17(39)33-13(2)21(41)37-19(18(27)25(45)46)24(44)36-16(23(43)34-12)7-4-5-9-30-22(42)15(35-14(3)38)8-6-10-31-26(28)29/h12-13,15-16,18-19H,4-11,27H2,1-3H3,(H,30,42)(H,32,40)(H,33,39)(H,34,43)(H,35,38)(H,36,44)(H,37,41)(H,45,46)(H4,28,29,31)/t12-,13-,15-,16-,18?,19-/m0/s1. The van der Waals surface area contributed by atoms with Gasteiger partial charge in [0.2, 0.25) is 41.4 Å². The number of unbranched alkanes of at least 4 members (excludes halogenated alkanes) is 1. The van der Waals surface area contributed by atoms with Gasteiger partial charge in [-0.15, -0.1) is 0 Å². The molecule has 0 aromatic heterocycles. The number of carbonyl (C=O) groups is 8. The molecule has 1 rings (SSSR count). The molecule has 1 aliphatic rings. The van der Waals surface area contributed by atoms with E-state index in [0.29, 0.717) is 12.8 Å². The molecule has 1 unspecified atom stereocenters. The largest absolute Gasteiger partial charge is 0.480 e. The van der Waals surface area contributed by atoms with Crippen LogP contribution in [0, 0.1) is 0 Å². The summed E-state index contributed by atoms with van der Waals surface area (Å²) in [5.41, 5.74) is 16.2. The van der Waals surface area contributed by atoms with Gasteiger partial charge in [0.05, 0.1) is 6.54 Å². The summed E-state index contributed by atoms with van der Waals surface area (Å²) in [5, 5.41) is 26.3. The van der Waals surface area contributed by atoms with Gasteiger partial charge in [0.15, 0.2) is 5.96 Å². The van der Waals surface area contributed by atoms with E-state index >= 15 is 0 Å². The van der Waals surface area contributed by atoms with Crippen LogP contribution in [0.1, 0.15) is 52.9 Å². The van der Waals surface area contributed by atoms with Crippen LogP contribution in [0.3, 0.4) is 0 Å². The number of hydrogen-bond donors (Lipinski definition) is 11. The molecule has 0 aromatic rings. The molecule has 1 aliphatic heterocycles. The molecule has 7 amide bonds. The second-order valence-corrected chi connectivity index (χ2v) is 10.6. The fraction of sp³-hybridized carbons (Fsp3) is 0.654. The number of nitrogens with zero attached hydrogens (tertiary/aromatic N) is 1. The second-order valence-electron chi connectivity index (χ2n) is 10.6. The molecule has 1 saturated heterocycles. The number of nitrogens with two attached hydrogens (primary N) is 3. The molecule has 0 aromatic carbocycles. The average Bonchev–Trinajstić information content (AvgIpc) is 2.97. The number of nitrogens with one attached hydrogen (secondary N) is 7. The fourth-order valence-electron chi connectivity index (χ4n) is 4.15. The van der Waals surface area contributed by atoms with Gasteiger partial charge in [-0.05, 0) is 46.0 Å². The number of aliphatic carboxylic acids is 1. The number of carboxylic acids is 1. The molecule has 46 heavy (non-hydrogen) atoms. The molecule has 14 N–H and O–H groups in total. The number of carbonyl (C=O) groups excluding carboxylic acids is 7. The minimum atomic E-state index is -1.92. The van der Waals surface area contributed by atoms with Crippen LogP contribution in [0.2, 0.25) is 0 Å². The van der Waals surface area contributed by atoms with E-state index in [0.717, 1.165) is 0 Å². The number of rotatable bonds is 13. The third-order valence-corrected chi connectivity index (χ3v) is 6.66. The van der Waals surface area contributed by atoms with E-state index in [1.807, 2.05) is 0 Å². The van der Waals surface area contributed by atoms with Gasteiger partial charge in [-0.25, -0.2) is 0 Å². The van der Waals surface area contributed by atoms with Crippen LogP contribution in [0.5, 0.6) is 0 Å². The Kier molecular flexibility index (Phi) is 16.4. The molecule has 0 aliphatic carbocycles. The second kappa shape index (κ2) is 19.4. The van der Waals surface area contributed by atoms with E-state index in [1.165, 1.54) is 20.8 Å². The van der Waals surface area contributed by atoms with Crippen LogP contribution < -0.4 is 54.4 Å². The number of hydrogen-bond acceptors (Lipinski definition) is 10. The first-order chi connectivity index (χ1) is 21.5. The summed E-state index contributed by atoms with van der Waals surface area (Å²) in [6.07, 6.45) is 1.20. The molecule has 0 bridgehead atoms. The summed E-state index contributed by atoms with van der Waals surface area (Å²) in [5.74, 6) is -6.91. The number of aliphatic imine (C=N–C) groups is 1. The van der Waals surface area contributed by atoms with E-state index < -0.39 is 90.1 Å². The van der Waals surface area contributed by atoms with Crippen molar-refractivity contribution in [3.05, 3.63) is 0 Å². The summed E-state index contributed by atoms with van der Waals surface area (Å²) >= 11 is 0. The van der Waals surface area contributed by atoms with Gasteiger partial charge in [-0.1, -0.05) is 0 Å². The lowest BCUT2D eigenvalue weighted by Gasteiger charge is -2.26. The van der Waals surface area contributed by atoms with Gasteiger partial charge in [-0.3, -0.25) is 43.3 Å². The number of amides is 7. The Morgan fingerprint density at radius 1 is 0.913 bits per heavy atom. The fourth-order valence-corrected chi connectivity index (χ4v) is 4.15. The van der Waals surface area contributed by atoms with E-state index in [2.05, 4.69) is 42.2 Å². The highest BCUT2D eigenvalue weighted by molar-refractivity contribution is 5.98. The van der Waals surface area contributed by atoms with Crippen molar-refractivity contribution in [1.29, 1.82) is 0 Å². The molecule has 0 radical (unpaired) electrons. The van der Waals surface area contributed by atoms with Gasteiger partial charge >= 0.3 is 5.97 Å². The summed E-state index contributed by atoms with van der Waals surface area (Å²) in [7, 11) is 0. The van der Waals surface area contributed by atoms with Gasteiger partial charge in [0, 0.05) is 20.0 Å². The van der Waals surface area contributed by atoms with Gasteiger partial charge in [0.25, 0.3) is 0 Å². The molecule has 20 heteroatoms. The summed E-state index contributed by atoms with van der Waals surface area (Å²) < 4.78 is 0. The smallest absolute Gasteiger partial charge is 0.323 e. The highest BCUT2D eigenvalue weighted by Gasteiger charge is 2.36. The molecule has 1 heterocycles. The maximum absolute atomic E-state index is 13.2. The maximum atomic E-state index is 13.2. The average molecular weight is 656 g/mol. The molecule has 20 nitrogen and oxygen atoms in total. The minimum Gasteiger partial charge on any atom is -0.480 e. The highest BCUT2D eigenvalue weighted by Crippen LogP contribution is 2.06. The Balaban J connectivity index is 3.01. The molecule has 1 fully saturated rings. The van der Waals surface area contributed by atoms with Crippen molar-refractivity contribution in [3.8, 4) is 0 Å². The Labute approximate surface area is 265 Å². The van der Waals surface area contributed by atoms with Crippen LogP contribution in [0.25, 0.3) is 0 Å². The zero-order valence-electron chi connectivity index (χ0n) is 26.0. The normalized spacial score (nSPS) is 22.6.